The van der Waals surface area contributed by atoms with E-state index >= 15 is 0 Å². The molecular formula is C17H25NO3. The summed E-state index contributed by atoms with van der Waals surface area (Å²) in [5, 5.41) is 0. The number of ether oxygens (including phenoxy) is 2. The Kier molecular flexibility index (Phi) is 5.62. The maximum absolute atomic E-state index is 12.1. The van der Waals surface area contributed by atoms with Crippen LogP contribution in [0.25, 0.3) is 0 Å². The molecule has 4 heteroatoms. The van der Waals surface area contributed by atoms with Crippen LogP contribution in [-0.4, -0.2) is 37.1 Å². The fraction of sp³-hybridized carbons (Fsp3) is 0.588. The van der Waals surface area contributed by atoms with Crippen molar-refractivity contribution in [1.82, 2.24) is 4.90 Å². The van der Waals surface area contributed by atoms with E-state index in [2.05, 4.69) is 0 Å². The Morgan fingerprint density at radius 3 is 2.95 bits per heavy atom. The number of piperidine rings is 1. The summed E-state index contributed by atoms with van der Waals surface area (Å²) in [7, 11) is 1.66. The smallest absolute Gasteiger partial charge is 0.225 e. The molecule has 0 aliphatic carbocycles. The molecule has 1 aromatic rings. The van der Waals surface area contributed by atoms with Gasteiger partial charge in [-0.15, -0.1) is 0 Å². The normalized spacial score (nSPS) is 18.9. The number of hydrogen-bond donors (Lipinski definition) is 0. The van der Waals surface area contributed by atoms with Gasteiger partial charge in [-0.25, -0.2) is 0 Å². The Bertz CT molecular complexity index is 473. The Balaban J connectivity index is 1.86. The Labute approximate surface area is 127 Å². The first-order valence-electron chi connectivity index (χ1n) is 7.63. The predicted octanol–water partition coefficient (Wildman–Crippen LogP) is 2.86. The highest BCUT2D eigenvalue weighted by Gasteiger charge is 2.25. The summed E-state index contributed by atoms with van der Waals surface area (Å²) >= 11 is 0. The minimum atomic E-state index is 0.0575. The molecule has 1 atom stereocenters. The van der Waals surface area contributed by atoms with Crippen LogP contribution in [0.5, 0.6) is 5.75 Å². The van der Waals surface area contributed by atoms with Crippen molar-refractivity contribution in [2.24, 2.45) is 5.92 Å². The highest BCUT2D eigenvalue weighted by Crippen LogP contribution is 2.18. The molecule has 21 heavy (non-hydrogen) atoms. The van der Waals surface area contributed by atoms with Crippen molar-refractivity contribution < 1.29 is 14.3 Å². The largest absolute Gasteiger partial charge is 0.497 e. The summed E-state index contributed by atoms with van der Waals surface area (Å²) in [5.74, 6) is 1.13. The van der Waals surface area contributed by atoms with Gasteiger partial charge in [0.15, 0.2) is 0 Å². The van der Waals surface area contributed by atoms with Gasteiger partial charge in [0.2, 0.25) is 5.91 Å². The van der Waals surface area contributed by atoms with Crippen LogP contribution in [0.4, 0.5) is 0 Å². The average molecular weight is 291 g/mol. The van der Waals surface area contributed by atoms with E-state index in [1.165, 1.54) is 0 Å². The van der Waals surface area contributed by atoms with Crippen molar-refractivity contribution >= 4 is 5.91 Å². The number of likely N-dealkylation sites (tertiary alicyclic amines) is 1. The van der Waals surface area contributed by atoms with Crippen molar-refractivity contribution in [3.8, 4) is 5.75 Å². The Hall–Kier alpha value is -1.55. The highest BCUT2D eigenvalue weighted by atomic mass is 16.5. The number of carbonyl (C=O) groups is 1. The van der Waals surface area contributed by atoms with E-state index in [4.69, 9.17) is 9.47 Å². The van der Waals surface area contributed by atoms with Crippen LogP contribution >= 0.6 is 0 Å². The maximum Gasteiger partial charge on any atom is 0.225 e. The molecule has 1 fully saturated rings. The summed E-state index contributed by atoms with van der Waals surface area (Å²) in [6.07, 6.45) is 2.17. The molecule has 1 unspecified atom stereocenters. The van der Waals surface area contributed by atoms with Crippen LogP contribution in [0.1, 0.15) is 32.3 Å². The van der Waals surface area contributed by atoms with E-state index in [0.29, 0.717) is 13.2 Å². The minimum absolute atomic E-state index is 0.0575. The van der Waals surface area contributed by atoms with E-state index in [1.807, 2.05) is 43.0 Å². The number of amides is 1. The zero-order valence-corrected chi connectivity index (χ0v) is 13.2. The maximum atomic E-state index is 12.1. The molecule has 0 spiro atoms. The van der Waals surface area contributed by atoms with Crippen molar-refractivity contribution in [3.05, 3.63) is 29.8 Å². The minimum Gasteiger partial charge on any atom is -0.497 e. The molecule has 4 nitrogen and oxygen atoms in total. The number of nitrogens with zero attached hydrogens (tertiary/aromatic N) is 1. The van der Waals surface area contributed by atoms with E-state index < -0.39 is 0 Å². The number of methoxy groups -OCH3 is 1. The lowest BCUT2D eigenvalue weighted by molar-refractivity contribution is -0.138. The van der Waals surface area contributed by atoms with Crippen molar-refractivity contribution in [3.63, 3.8) is 0 Å². The molecule has 0 bridgehead atoms. The first kappa shape index (κ1) is 15.8. The van der Waals surface area contributed by atoms with Gasteiger partial charge in [0.1, 0.15) is 5.75 Å². The molecule has 1 heterocycles. The van der Waals surface area contributed by atoms with Gasteiger partial charge in [0.05, 0.1) is 19.8 Å². The second kappa shape index (κ2) is 7.46. The van der Waals surface area contributed by atoms with Crippen LogP contribution in [0, 0.1) is 5.92 Å². The van der Waals surface area contributed by atoms with Gasteiger partial charge in [0.25, 0.3) is 0 Å². The van der Waals surface area contributed by atoms with Crippen molar-refractivity contribution in [2.75, 3.05) is 20.2 Å². The number of rotatable bonds is 5. The van der Waals surface area contributed by atoms with Crippen LogP contribution in [0.15, 0.2) is 24.3 Å². The molecule has 1 aromatic carbocycles. The van der Waals surface area contributed by atoms with Gasteiger partial charge in [-0.2, -0.15) is 0 Å². The van der Waals surface area contributed by atoms with E-state index in [-0.39, 0.29) is 17.9 Å². The molecule has 0 aromatic heterocycles. The van der Waals surface area contributed by atoms with Crippen LogP contribution in [0.3, 0.4) is 0 Å². The number of hydrogen-bond acceptors (Lipinski definition) is 3. The molecule has 1 amide bonds. The lowest BCUT2D eigenvalue weighted by Gasteiger charge is -2.33. The van der Waals surface area contributed by atoms with Crippen LogP contribution < -0.4 is 4.74 Å². The van der Waals surface area contributed by atoms with Gasteiger partial charge in [0, 0.05) is 19.0 Å². The molecule has 1 saturated heterocycles. The van der Waals surface area contributed by atoms with E-state index in [0.717, 1.165) is 30.7 Å². The molecule has 2 rings (SSSR count). The summed E-state index contributed by atoms with van der Waals surface area (Å²) in [4.78, 5) is 14.0. The molecular weight excluding hydrogens is 266 g/mol. The summed E-state index contributed by atoms with van der Waals surface area (Å²) in [6.45, 7) is 6.02. The van der Waals surface area contributed by atoms with Gasteiger partial charge in [-0.05, 0) is 30.5 Å². The standard InChI is InChI=1S/C17H25NO3/c1-13(2)17(19)18-9-5-8-16(11-18)21-12-14-6-4-7-15(10-14)20-3/h4,6-7,10,13,16H,5,8-9,11-12H2,1-3H3. The van der Waals surface area contributed by atoms with Crippen molar-refractivity contribution in [2.45, 2.75) is 39.4 Å². The van der Waals surface area contributed by atoms with Crippen molar-refractivity contribution in [1.29, 1.82) is 0 Å². The topological polar surface area (TPSA) is 38.8 Å². The molecule has 0 saturated carbocycles. The molecule has 1 aliphatic heterocycles. The lowest BCUT2D eigenvalue weighted by Crippen LogP contribution is -2.44. The molecule has 1 aliphatic rings. The van der Waals surface area contributed by atoms with Crippen LogP contribution in [0.2, 0.25) is 0 Å². The van der Waals surface area contributed by atoms with Gasteiger partial charge < -0.3 is 14.4 Å². The average Bonchev–Trinajstić information content (AvgIpc) is 2.52. The van der Waals surface area contributed by atoms with E-state index in [9.17, 15) is 4.79 Å². The Morgan fingerprint density at radius 1 is 1.43 bits per heavy atom. The monoisotopic (exact) mass is 291 g/mol. The Morgan fingerprint density at radius 2 is 2.24 bits per heavy atom. The highest BCUT2D eigenvalue weighted by molar-refractivity contribution is 5.78. The molecule has 0 N–H and O–H groups in total. The fourth-order valence-electron chi connectivity index (χ4n) is 2.62. The summed E-state index contributed by atoms with van der Waals surface area (Å²) < 4.78 is 11.2. The third-order valence-corrected chi connectivity index (χ3v) is 3.80. The SMILES string of the molecule is COc1cccc(COC2CCCN(C(=O)C(C)C)C2)c1. The zero-order chi connectivity index (χ0) is 15.2. The lowest BCUT2D eigenvalue weighted by atomic mass is 10.1. The number of carbonyl (C=O) groups excluding carboxylic acids is 1. The van der Waals surface area contributed by atoms with Gasteiger partial charge in [-0.3, -0.25) is 4.79 Å². The number of benzene rings is 1. The van der Waals surface area contributed by atoms with E-state index in [1.54, 1.807) is 7.11 Å². The third kappa shape index (κ3) is 4.46. The second-order valence-corrected chi connectivity index (χ2v) is 5.87. The zero-order valence-electron chi connectivity index (χ0n) is 13.2. The fourth-order valence-corrected chi connectivity index (χ4v) is 2.62. The summed E-state index contributed by atoms with van der Waals surface area (Å²) in [5.41, 5.74) is 1.10. The molecule has 0 radical (unpaired) electrons. The van der Waals surface area contributed by atoms with Gasteiger partial charge in [-0.1, -0.05) is 26.0 Å². The molecule has 116 valence electrons. The predicted molar refractivity (Wildman–Crippen MR) is 82.2 cm³/mol. The van der Waals surface area contributed by atoms with Gasteiger partial charge >= 0.3 is 0 Å². The summed E-state index contributed by atoms with van der Waals surface area (Å²) in [6, 6.07) is 7.91. The first-order chi connectivity index (χ1) is 10.1. The third-order valence-electron chi connectivity index (χ3n) is 3.80. The van der Waals surface area contributed by atoms with Crippen LogP contribution in [-0.2, 0) is 16.1 Å². The first-order valence-corrected chi connectivity index (χ1v) is 7.63. The quantitative estimate of drug-likeness (QED) is 0.837. The second-order valence-electron chi connectivity index (χ2n) is 5.87.